The lowest BCUT2D eigenvalue weighted by Gasteiger charge is -2.25. The number of carbonyl (C=O) groups excluding carboxylic acids is 1. The van der Waals surface area contributed by atoms with Gasteiger partial charge in [-0.2, -0.15) is 5.10 Å². The maximum Gasteiger partial charge on any atom is 0.264 e. The Bertz CT molecular complexity index is 1260. The lowest BCUT2D eigenvalue weighted by molar-refractivity contribution is 0.0747. The topological polar surface area (TPSA) is 60.2 Å². The van der Waals surface area contributed by atoms with E-state index >= 15 is 0 Å². The Balaban J connectivity index is 1.37. The maximum atomic E-state index is 13.3. The molecule has 0 N–H and O–H groups in total. The molecule has 0 saturated carbocycles. The summed E-state index contributed by atoms with van der Waals surface area (Å²) in [6.07, 6.45) is 5.09. The molecule has 2 aromatic carbocycles. The number of carbonyl (C=O) groups is 1. The molecule has 0 fully saturated rings. The predicted molar refractivity (Wildman–Crippen MR) is 126 cm³/mol. The first-order valence-electron chi connectivity index (χ1n) is 10.6. The minimum absolute atomic E-state index is 0.0484. The Labute approximate surface area is 191 Å². The fourth-order valence-electron chi connectivity index (χ4n) is 4.16. The van der Waals surface area contributed by atoms with Gasteiger partial charge in [-0.05, 0) is 78.4 Å². The molecular formula is C25H24N4O2S. The maximum absolute atomic E-state index is 13.3. The molecule has 0 spiro atoms. The number of hydrogen-bond donors (Lipinski definition) is 0. The molecule has 1 atom stereocenters. The summed E-state index contributed by atoms with van der Waals surface area (Å²) in [7, 11) is 3.56. The van der Waals surface area contributed by atoms with Gasteiger partial charge in [0.25, 0.3) is 5.91 Å². The highest BCUT2D eigenvalue weighted by Gasteiger charge is 2.25. The van der Waals surface area contributed by atoms with Gasteiger partial charge in [-0.3, -0.25) is 4.79 Å². The van der Waals surface area contributed by atoms with Crippen molar-refractivity contribution in [1.29, 1.82) is 0 Å². The predicted octanol–water partition coefficient (Wildman–Crippen LogP) is 4.94. The van der Waals surface area contributed by atoms with E-state index in [0.29, 0.717) is 0 Å². The fourth-order valence-corrected chi connectivity index (χ4v) is 5.42. The largest absolute Gasteiger partial charge is 0.497 e. The molecule has 2 heterocycles. The quantitative estimate of drug-likeness (QED) is 0.438. The minimum Gasteiger partial charge on any atom is -0.497 e. The van der Waals surface area contributed by atoms with Gasteiger partial charge in [0.05, 0.1) is 23.7 Å². The summed E-state index contributed by atoms with van der Waals surface area (Å²) >= 11 is 1.59. The second kappa shape index (κ2) is 8.24. The van der Waals surface area contributed by atoms with Crippen LogP contribution < -0.4 is 4.74 Å². The summed E-state index contributed by atoms with van der Waals surface area (Å²) < 4.78 is 7.09. The first-order chi connectivity index (χ1) is 15.5. The van der Waals surface area contributed by atoms with Crippen LogP contribution in [0, 0.1) is 0 Å². The molecule has 5 rings (SSSR count). The van der Waals surface area contributed by atoms with E-state index < -0.39 is 0 Å². The van der Waals surface area contributed by atoms with E-state index in [9.17, 15) is 4.79 Å². The molecule has 1 aliphatic rings. The van der Waals surface area contributed by atoms with Crippen molar-refractivity contribution in [2.45, 2.75) is 25.8 Å². The second-order valence-electron chi connectivity index (χ2n) is 8.01. The van der Waals surface area contributed by atoms with Crippen LogP contribution in [0.3, 0.4) is 0 Å². The number of hydrogen-bond acceptors (Lipinski definition) is 5. The van der Waals surface area contributed by atoms with Crippen molar-refractivity contribution in [1.82, 2.24) is 19.7 Å². The number of aryl methyl sites for hydroxylation is 2. The molecule has 32 heavy (non-hydrogen) atoms. The van der Waals surface area contributed by atoms with Gasteiger partial charge < -0.3 is 9.64 Å². The van der Waals surface area contributed by atoms with Gasteiger partial charge in [0.15, 0.2) is 0 Å². The van der Waals surface area contributed by atoms with Crippen LogP contribution in [0.15, 0.2) is 61.2 Å². The third kappa shape index (κ3) is 3.58. The second-order valence-corrected chi connectivity index (χ2v) is 9.06. The molecule has 4 aromatic rings. The van der Waals surface area contributed by atoms with Crippen LogP contribution in [0.25, 0.3) is 16.1 Å². The van der Waals surface area contributed by atoms with Crippen molar-refractivity contribution in [2.75, 3.05) is 14.2 Å². The van der Waals surface area contributed by atoms with Crippen LogP contribution in [0.4, 0.5) is 0 Å². The molecular weight excluding hydrogens is 420 g/mol. The molecule has 0 unspecified atom stereocenters. The van der Waals surface area contributed by atoms with Crippen molar-refractivity contribution in [3.63, 3.8) is 0 Å². The monoisotopic (exact) mass is 444 g/mol. The number of thiophene rings is 1. The number of ether oxygens (including phenoxy) is 1. The van der Waals surface area contributed by atoms with Crippen molar-refractivity contribution in [2.24, 2.45) is 0 Å². The summed E-state index contributed by atoms with van der Waals surface area (Å²) in [5, 5.41) is 4.16. The van der Waals surface area contributed by atoms with Crippen molar-refractivity contribution >= 4 is 17.2 Å². The SMILES string of the molecule is COc1ccc2c(c1)CCc1cc(C(=O)N(C)[C@@H](C)c3ccc(-n4cncn4)cc3)sc1-2. The highest BCUT2D eigenvalue weighted by Crippen LogP contribution is 2.41. The van der Waals surface area contributed by atoms with Crippen molar-refractivity contribution < 1.29 is 9.53 Å². The molecule has 0 saturated heterocycles. The Morgan fingerprint density at radius 3 is 2.62 bits per heavy atom. The number of benzene rings is 2. The Morgan fingerprint density at radius 2 is 1.91 bits per heavy atom. The van der Waals surface area contributed by atoms with Gasteiger partial charge in [-0.15, -0.1) is 11.3 Å². The summed E-state index contributed by atoms with van der Waals surface area (Å²) in [6, 6.07) is 16.3. The van der Waals surface area contributed by atoms with Crippen LogP contribution in [-0.4, -0.2) is 39.7 Å². The molecule has 2 aromatic heterocycles. The smallest absolute Gasteiger partial charge is 0.264 e. The van der Waals surface area contributed by atoms with Crippen LogP contribution in [-0.2, 0) is 12.8 Å². The zero-order valence-corrected chi connectivity index (χ0v) is 19.1. The van der Waals surface area contributed by atoms with E-state index in [2.05, 4.69) is 35.2 Å². The molecule has 0 radical (unpaired) electrons. The zero-order valence-electron chi connectivity index (χ0n) is 18.3. The average molecular weight is 445 g/mol. The van der Waals surface area contributed by atoms with E-state index in [1.165, 1.54) is 27.9 Å². The molecule has 162 valence electrons. The normalized spacial score (nSPS) is 13.2. The molecule has 0 aliphatic heterocycles. The highest BCUT2D eigenvalue weighted by atomic mass is 32.1. The molecule has 1 amide bonds. The summed E-state index contributed by atoms with van der Waals surface area (Å²) in [5.74, 6) is 0.927. The van der Waals surface area contributed by atoms with Crippen LogP contribution in [0.2, 0.25) is 0 Å². The van der Waals surface area contributed by atoms with Gasteiger partial charge in [0.2, 0.25) is 0 Å². The number of rotatable bonds is 5. The number of amides is 1. The van der Waals surface area contributed by atoms with E-state index in [1.807, 2.05) is 42.3 Å². The van der Waals surface area contributed by atoms with Crippen LogP contribution >= 0.6 is 11.3 Å². The Kier molecular flexibility index (Phi) is 5.27. The first-order valence-corrected chi connectivity index (χ1v) is 11.4. The van der Waals surface area contributed by atoms with Crippen molar-refractivity contribution in [3.05, 3.63) is 82.8 Å². The van der Waals surface area contributed by atoms with Gasteiger partial charge >= 0.3 is 0 Å². The van der Waals surface area contributed by atoms with Gasteiger partial charge in [0, 0.05) is 11.9 Å². The highest BCUT2D eigenvalue weighted by molar-refractivity contribution is 7.17. The lowest BCUT2D eigenvalue weighted by Crippen LogP contribution is -2.29. The third-order valence-corrected chi connectivity index (χ3v) is 7.40. The van der Waals surface area contributed by atoms with Gasteiger partial charge in [-0.1, -0.05) is 12.1 Å². The van der Waals surface area contributed by atoms with Crippen LogP contribution in [0.5, 0.6) is 5.75 Å². The lowest BCUT2D eigenvalue weighted by atomic mass is 9.91. The Hall–Kier alpha value is -3.45. The third-order valence-electron chi connectivity index (χ3n) is 6.20. The van der Waals surface area contributed by atoms with E-state index in [-0.39, 0.29) is 11.9 Å². The number of methoxy groups -OCH3 is 1. The minimum atomic E-state index is -0.0528. The number of nitrogens with zero attached hydrogens (tertiary/aromatic N) is 4. The van der Waals surface area contributed by atoms with Crippen LogP contribution in [0.1, 0.15) is 39.3 Å². The fraction of sp³-hybridized carbons (Fsp3) is 0.240. The van der Waals surface area contributed by atoms with Gasteiger partial charge in [-0.25, -0.2) is 9.67 Å². The number of aromatic nitrogens is 3. The van der Waals surface area contributed by atoms with Crippen molar-refractivity contribution in [3.8, 4) is 21.9 Å². The van der Waals surface area contributed by atoms with Gasteiger partial charge in [0.1, 0.15) is 18.4 Å². The van der Waals surface area contributed by atoms with E-state index in [1.54, 1.807) is 29.5 Å². The molecule has 0 bridgehead atoms. The zero-order chi connectivity index (χ0) is 22.2. The molecule has 1 aliphatic carbocycles. The summed E-state index contributed by atoms with van der Waals surface area (Å²) in [4.78, 5) is 21.1. The first kappa shape index (κ1) is 20.5. The summed E-state index contributed by atoms with van der Waals surface area (Å²) in [6.45, 7) is 2.05. The molecule has 7 heteroatoms. The standard InChI is InChI=1S/C25H24N4O2S/c1-16(17-6-8-20(9-7-17)29-15-26-14-27-29)28(2)25(30)23-13-19-5-4-18-12-21(31-3)10-11-22(18)24(19)32-23/h6-16H,4-5H2,1-3H3/t16-/m0/s1. The van der Waals surface area contributed by atoms with E-state index in [0.717, 1.165) is 34.7 Å². The Morgan fingerprint density at radius 1 is 1.12 bits per heavy atom. The average Bonchev–Trinajstić information content (AvgIpc) is 3.52. The number of fused-ring (bicyclic) bond motifs is 3. The summed E-state index contributed by atoms with van der Waals surface area (Å²) in [5.41, 5.74) is 5.77. The molecule has 6 nitrogen and oxygen atoms in total. The van der Waals surface area contributed by atoms with E-state index in [4.69, 9.17) is 4.74 Å².